The molecule has 0 spiro atoms. The van der Waals surface area contributed by atoms with Crippen LogP contribution in [0.4, 0.5) is 11.7 Å². The van der Waals surface area contributed by atoms with Crippen molar-refractivity contribution in [3.05, 3.63) is 18.2 Å². The molecule has 3 saturated heterocycles. The molecule has 5 rings (SSSR count). The zero-order valence-electron chi connectivity index (χ0n) is 23.0. The SMILES string of the molecule is CC(C)c1noc(N2CCC(C(C)CCOc3ncc(N4CC(N)C(N5CCCCC5=O)C4)cn3)CC2)n1. The first-order chi connectivity index (χ1) is 18.4. The van der Waals surface area contributed by atoms with Gasteiger partial charge in [0.1, 0.15) is 0 Å². The summed E-state index contributed by atoms with van der Waals surface area (Å²) in [6.45, 7) is 11.1. The van der Waals surface area contributed by atoms with Crippen LogP contribution in [0.1, 0.15) is 71.0 Å². The molecule has 3 unspecified atom stereocenters. The van der Waals surface area contributed by atoms with Crippen LogP contribution in [0.25, 0.3) is 0 Å². The third-order valence-electron chi connectivity index (χ3n) is 8.44. The van der Waals surface area contributed by atoms with E-state index in [0.29, 0.717) is 43.4 Å². The number of aromatic nitrogens is 4. The number of rotatable bonds is 9. The van der Waals surface area contributed by atoms with Crippen LogP contribution in [0.5, 0.6) is 6.01 Å². The zero-order chi connectivity index (χ0) is 26.6. The fourth-order valence-corrected chi connectivity index (χ4v) is 5.90. The van der Waals surface area contributed by atoms with E-state index in [1.54, 1.807) is 12.4 Å². The molecule has 5 heterocycles. The Labute approximate surface area is 225 Å². The molecule has 11 nitrogen and oxygen atoms in total. The van der Waals surface area contributed by atoms with Crippen LogP contribution in [0.3, 0.4) is 0 Å². The van der Waals surface area contributed by atoms with Gasteiger partial charge in [-0.3, -0.25) is 4.79 Å². The van der Waals surface area contributed by atoms with Crippen molar-refractivity contribution >= 4 is 17.6 Å². The van der Waals surface area contributed by atoms with Gasteiger partial charge < -0.3 is 29.7 Å². The summed E-state index contributed by atoms with van der Waals surface area (Å²) in [4.78, 5) is 32.1. The molecular formula is C27H42N8O3. The van der Waals surface area contributed by atoms with Gasteiger partial charge in [0.15, 0.2) is 5.82 Å². The molecular weight excluding hydrogens is 484 g/mol. The molecule has 3 aliphatic rings. The Balaban J connectivity index is 1.04. The second kappa shape index (κ2) is 11.8. The zero-order valence-corrected chi connectivity index (χ0v) is 23.0. The van der Waals surface area contributed by atoms with Crippen LogP contribution in [0.2, 0.25) is 0 Å². The Morgan fingerprint density at radius 1 is 1.08 bits per heavy atom. The van der Waals surface area contributed by atoms with Crippen LogP contribution in [0, 0.1) is 11.8 Å². The van der Waals surface area contributed by atoms with Gasteiger partial charge in [0, 0.05) is 51.1 Å². The average Bonchev–Trinajstić information content (AvgIpc) is 3.57. The maximum Gasteiger partial charge on any atom is 0.324 e. The van der Waals surface area contributed by atoms with Gasteiger partial charge >= 0.3 is 12.0 Å². The summed E-state index contributed by atoms with van der Waals surface area (Å²) >= 11 is 0. The molecule has 11 heteroatoms. The molecule has 3 atom stereocenters. The maximum absolute atomic E-state index is 12.4. The van der Waals surface area contributed by atoms with Gasteiger partial charge in [-0.05, 0) is 43.9 Å². The van der Waals surface area contributed by atoms with Crippen LogP contribution < -0.4 is 20.3 Å². The third-order valence-corrected chi connectivity index (χ3v) is 8.44. The summed E-state index contributed by atoms with van der Waals surface area (Å²) < 4.78 is 11.4. The predicted octanol–water partition coefficient (Wildman–Crippen LogP) is 2.83. The summed E-state index contributed by atoms with van der Waals surface area (Å²) in [6, 6.07) is 1.04. The van der Waals surface area contributed by atoms with Crippen molar-refractivity contribution in [3.8, 4) is 6.01 Å². The maximum atomic E-state index is 12.4. The normalized spacial score (nSPS) is 23.9. The first kappa shape index (κ1) is 26.6. The number of hydrogen-bond donors (Lipinski definition) is 1. The number of carbonyl (C=O) groups is 1. The summed E-state index contributed by atoms with van der Waals surface area (Å²) in [5.74, 6) is 2.46. The first-order valence-electron chi connectivity index (χ1n) is 14.2. The third kappa shape index (κ3) is 6.03. The van der Waals surface area contributed by atoms with Crippen LogP contribution in [0.15, 0.2) is 16.9 Å². The van der Waals surface area contributed by atoms with E-state index in [9.17, 15) is 4.79 Å². The van der Waals surface area contributed by atoms with Crippen molar-refractivity contribution in [2.24, 2.45) is 17.6 Å². The molecule has 2 aromatic rings. The van der Waals surface area contributed by atoms with Crippen molar-refractivity contribution in [1.29, 1.82) is 0 Å². The Morgan fingerprint density at radius 2 is 1.84 bits per heavy atom. The number of amides is 1. The van der Waals surface area contributed by atoms with Gasteiger partial charge in [0.25, 0.3) is 0 Å². The summed E-state index contributed by atoms with van der Waals surface area (Å²) in [5, 5.41) is 4.09. The van der Waals surface area contributed by atoms with E-state index in [1.165, 1.54) is 0 Å². The summed E-state index contributed by atoms with van der Waals surface area (Å²) in [6.07, 6.45) is 9.45. The fraction of sp³-hybridized carbons (Fsp3) is 0.741. The Hall–Kier alpha value is -2.95. The largest absolute Gasteiger partial charge is 0.463 e. The summed E-state index contributed by atoms with van der Waals surface area (Å²) in [7, 11) is 0. The molecule has 3 fully saturated rings. The van der Waals surface area contributed by atoms with Crippen LogP contribution in [-0.4, -0.2) is 82.3 Å². The van der Waals surface area contributed by atoms with Crippen molar-refractivity contribution in [2.75, 3.05) is 49.1 Å². The Morgan fingerprint density at radius 3 is 2.53 bits per heavy atom. The highest BCUT2D eigenvalue weighted by molar-refractivity contribution is 5.77. The highest BCUT2D eigenvalue weighted by atomic mass is 16.5. The minimum Gasteiger partial charge on any atom is -0.463 e. The van der Waals surface area contributed by atoms with Crippen molar-refractivity contribution in [2.45, 2.75) is 77.3 Å². The van der Waals surface area contributed by atoms with E-state index in [4.69, 9.17) is 15.0 Å². The molecule has 3 aliphatic heterocycles. The molecule has 2 N–H and O–H groups in total. The predicted molar refractivity (Wildman–Crippen MR) is 144 cm³/mol. The van der Waals surface area contributed by atoms with Gasteiger partial charge in [-0.25, -0.2) is 9.97 Å². The highest BCUT2D eigenvalue weighted by Gasteiger charge is 2.37. The molecule has 1 amide bonds. The molecule has 0 aliphatic carbocycles. The standard InChI is InChI=1S/C27H42N8O3/c1-18(2)25-31-27(38-32-25)33-11-7-20(8-12-33)19(3)9-13-37-26-29-14-21(15-30-26)34-16-22(28)23(17-34)35-10-5-4-6-24(35)36/h14-15,18-20,22-23H,4-13,16-17,28H2,1-3H3. The number of piperidine rings is 2. The second-order valence-corrected chi connectivity index (χ2v) is 11.4. The van der Waals surface area contributed by atoms with E-state index < -0.39 is 0 Å². The van der Waals surface area contributed by atoms with Gasteiger partial charge in [-0.1, -0.05) is 25.9 Å². The number of ether oxygens (including phenoxy) is 1. The van der Waals surface area contributed by atoms with Crippen molar-refractivity contribution in [3.63, 3.8) is 0 Å². The van der Waals surface area contributed by atoms with Gasteiger partial charge in [0.05, 0.1) is 30.7 Å². The van der Waals surface area contributed by atoms with E-state index in [-0.39, 0.29) is 23.9 Å². The topological polar surface area (TPSA) is 127 Å². The molecule has 2 aromatic heterocycles. The van der Waals surface area contributed by atoms with E-state index in [0.717, 1.165) is 69.8 Å². The van der Waals surface area contributed by atoms with Gasteiger partial charge in [-0.15, -0.1) is 0 Å². The Kier molecular flexibility index (Phi) is 8.30. The van der Waals surface area contributed by atoms with Crippen LogP contribution >= 0.6 is 0 Å². The number of carbonyl (C=O) groups excluding carboxylic acids is 1. The minimum absolute atomic E-state index is 0.0524. The van der Waals surface area contributed by atoms with E-state index in [2.05, 4.69) is 50.7 Å². The highest BCUT2D eigenvalue weighted by Crippen LogP contribution is 2.30. The number of nitrogens with zero attached hydrogens (tertiary/aromatic N) is 7. The molecule has 38 heavy (non-hydrogen) atoms. The van der Waals surface area contributed by atoms with Crippen LogP contribution in [-0.2, 0) is 4.79 Å². The Bertz CT molecular complexity index is 1050. The lowest BCUT2D eigenvalue weighted by Gasteiger charge is -2.34. The quantitative estimate of drug-likeness (QED) is 0.521. The number of likely N-dealkylation sites (tertiary alicyclic amines) is 1. The molecule has 0 saturated carbocycles. The molecule has 0 bridgehead atoms. The van der Waals surface area contributed by atoms with Crippen molar-refractivity contribution in [1.82, 2.24) is 25.0 Å². The van der Waals surface area contributed by atoms with Crippen molar-refractivity contribution < 1.29 is 14.1 Å². The molecule has 0 radical (unpaired) electrons. The average molecular weight is 527 g/mol. The van der Waals surface area contributed by atoms with E-state index in [1.807, 2.05) is 4.90 Å². The summed E-state index contributed by atoms with van der Waals surface area (Å²) in [5.41, 5.74) is 7.34. The lowest BCUT2D eigenvalue weighted by Crippen LogP contribution is -2.51. The van der Waals surface area contributed by atoms with E-state index >= 15 is 0 Å². The monoisotopic (exact) mass is 526 g/mol. The first-order valence-corrected chi connectivity index (χ1v) is 14.2. The fourth-order valence-electron chi connectivity index (χ4n) is 5.90. The second-order valence-electron chi connectivity index (χ2n) is 11.4. The number of nitrogens with two attached hydrogens (primary N) is 1. The lowest BCUT2D eigenvalue weighted by molar-refractivity contribution is -0.135. The molecule has 0 aromatic carbocycles. The number of anilines is 2. The number of hydrogen-bond acceptors (Lipinski definition) is 10. The van der Waals surface area contributed by atoms with Gasteiger partial charge in [-0.2, -0.15) is 4.98 Å². The lowest BCUT2D eigenvalue weighted by atomic mass is 9.84. The molecule has 208 valence electrons. The van der Waals surface area contributed by atoms with Gasteiger partial charge in [0.2, 0.25) is 5.91 Å². The smallest absolute Gasteiger partial charge is 0.324 e. The minimum atomic E-state index is -0.0640.